The predicted molar refractivity (Wildman–Crippen MR) is 77.3 cm³/mol. The van der Waals surface area contributed by atoms with Gasteiger partial charge < -0.3 is 5.32 Å². The molecule has 0 spiro atoms. The monoisotopic (exact) mass is 307 g/mol. The van der Waals surface area contributed by atoms with Crippen LogP contribution in [-0.4, -0.2) is 0 Å². The van der Waals surface area contributed by atoms with Crippen molar-refractivity contribution in [3.8, 4) is 0 Å². The van der Waals surface area contributed by atoms with Crippen molar-refractivity contribution in [3.63, 3.8) is 0 Å². The number of hydrogen-bond donors (Lipinski definition) is 1. The van der Waals surface area contributed by atoms with Crippen LogP contribution in [0.5, 0.6) is 0 Å². The van der Waals surface area contributed by atoms with Crippen LogP contribution in [0.2, 0.25) is 0 Å². The normalized spacial score (nSPS) is 12.2. The van der Waals surface area contributed by atoms with Gasteiger partial charge in [0.2, 0.25) is 0 Å². The summed E-state index contributed by atoms with van der Waals surface area (Å²) in [5.74, 6) is -0.223. The van der Waals surface area contributed by atoms with E-state index < -0.39 is 0 Å². The van der Waals surface area contributed by atoms with Crippen molar-refractivity contribution in [2.45, 2.75) is 19.9 Å². The van der Waals surface area contributed by atoms with Crippen LogP contribution in [0.4, 0.5) is 10.1 Å². The number of anilines is 1. The van der Waals surface area contributed by atoms with E-state index in [0.717, 1.165) is 15.6 Å². The fourth-order valence-corrected chi connectivity index (χ4v) is 2.52. The molecule has 0 radical (unpaired) electrons. The molecule has 0 saturated heterocycles. The molecule has 1 atom stereocenters. The number of rotatable bonds is 3. The highest BCUT2D eigenvalue weighted by Crippen LogP contribution is 2.27. The molecule has 0 fully saturated rings. The van der Waals surface area contributed by atoms with Crippen molar-refractivity contribution < 1.29 is 4.39 Å². The molecule has 3 heteroatoms. The molecule has 1 N–H and O–H groups in total. The lowest BCUT2D eigenvalue weighted by Crippen LogP contribution is -2.08. The van der Waals surface area contributed by atoms with Gasteiger partial charge >= 0.3 is 0 Å². The third-order valence-corrected chi connectivity index (χ3v) is 3.59. The second kappa shape index (κ2) is 5.53. The maximum atomic E-state index is 13.7. The van der Waals surface area contributed by atoms with Gasteiger partial charge in [0.15, 0.2) is 0 Å². The number of aryl methyl sites for hydroxylation is 1. The Morgan fingerprint density at radius 1 is 1.17 bits per heavy atom. The summed E-state index contributed by atoms with van der Waals surface area (Å²) in [5.41, 5.74) is 2.69. The summed E-state index contributed by atoms with van der Waals surface area (Å²) in [4.78, 5) is 0. The van der Waals surface area contributed by atoms with E-state index in [2.05, 4.69) is 21.2 Å². The van der Waals surface area contributed by atoms with Crippen LogP contribution in [0.15, 0.2) is 46.9 Å². The highest BCUT2D eigenvalue weighted by atomic mass is 79.9. The maximum Gasteiger partial charge on any atom is 0.146 e. The molecule has 0 bridgehead atoms. The molecule has 2 rings (SSSR count). The molecule has 0 aliphatic rings. The molecule has 0 saturated carbocycles. The van der Waals surface area contributed by atoms with E-state index in [-0.39, 0.29) is 11.9 Å². The first-order valence-corrected chi connectivity index (χ1v) is 6.64. The van der Waals surface area contributed by atoms with Gasteiger partial charge in [-0.25, -0.2) is 4.39 Å². The van der Waals surface area contributed by atoms with Crippen LogP contribution >= 0.6 is 15.9 Å². The van der Waals surface area contributed by atoms with Crippen molar-refractivity contribution in [1.29, 1.82) is 0 Å². The number of halogens is 2. The maximum absolute atomic E-state index is 13.7. The Labute approximate surface area is 115 Å². The van der Waals surface area contributed by atoms with Crippen LogP contribution in [0.25, 0.3) is 0 Å². The van der Waals surface area contributed by atoms with Gasteiger partial charge in [0.05, 0.1) is 5.69 Å². The van der Waals surface area contributed by atoms with Crippen molar-refractivity contribution in [2.75, 3.05) is 5.32 Å². The molecule has 0 heterocycles. The van der Waals surface area contributed by atoms with E-state index in [1.54, 1.807) is 6.07 Å². The standard InChI is InChI=1S/C15H15BrFN/c1-10-7-8-14(17)15(9-10)18-11(2)12-5-3-4-6-13(12)16/h3-9,11,18H,1-2H3. The summed E-state index contributed by atoms with van der Waals surface area (Å²) in [6, 6.07) is 13.1. The van der Waals surface area contributed by atoms with E-state index in [1.807, 2.05) is 44.2 Å². The van der Waals surface area contributed by atoms with E-state index >= 15 is 0 Å². The molecule has 2 aromatic carbocycles. The lowest BCUT2D eigenvalue weighted by molar-refractivity contribution is 0.627. The Morgan fingerprint density at radius 3 is 2.61 bits per heavy atom. The first-order chi connectivity index (χ1) is 8.58. The van der Waals surface area contributed by atoms with Crippen LogP contribution in [0, 0.1) is 12.7 Å². The van der Waals surface area contributed by atoms with Crippen molar-refractivity contribution in [1.82, 2.24) is 0 Å². The van der Waals surface area contributed by atoms with Gasteiger partial charge in [0.25, 0.3) is 0 Å². The predicted octanol–water partition coefficient (Wildman–Crippen LogP) is 5.07. The largest absolute Gasteiger partial charge is 0.376 e. The number of hydrogen-bond acceptors (Lipinski definition) is 1. The average Bonchev–Trinajstić information content (AvgIpc) is 2.34. The van der Waals surface area contributed by atoms with Crippen LogP contribution in [0.3, 0.4) is 0 Å². The topological polar surface area (TPSA) is 12.0 Å². The molecule has 94 valence electrons. The summed E-state index contributed by atoms with van der Waals surface area (Å²) in [5, 5.41) is 3.20. The fourth-order valence-electron chi connectivity index (χ4n) is 1.89. The Balaban J connectivity index is 2.24. The summed E-state index contributed by atoms with van der Waals surface area (Å²) in [6.07, 6.45) is 0. The smallest absolute Gasteiger partial charge is 0.146 e. The van der Waals surface area contributed by atoms with Crippen LogP contribution in [-0.2, 0) is 0 Å². The molecular formula is C15H15BrFN. The fraction of sp³-hybridized carbons (Fsp3) is 0.200. The molecule has 0 aliphatic carbocycles. The number of benzene rings is 2. The average molecular weight is 308 g/mol. The quantitative estimate of drug-likeness (QED) is 0.834. The molecular weight excluding hydrogens is 293 g/mol. The van der Waals surface area contributed by atoms with Gasteiger partial charge in [-0.3, -0.25) is 0 Å². The minimum absolute atomic E-state index is 0.0388. The van der Waals surface area contributed by atoms with Gasteiger partial charge in [0, 0.05) is 10.5 Å². The Morgan fingerprint density at radius 2 is 1.89 bits per heavy atom. The zero-order valence-corrected chi connectivity index (χ0v) is 12.0. The zero-order valence-electron chi connectivity index (χ0n) is 10.4. The SMILES string of the molecule is Cc1ccc(F)c(NC(C)c2ccccc2Br)c1. The lowest BCUT2D eigenvalue weighted by Gasteiger charge is -2.18. The highest BCUT2D eigenvalue weighted by molar-refractivity contribution is 9.10. The zero-order chi connectivity index (χ0) is 13.1. The third kappa shape index (κ3) is 2.91. The van der Waals surface area contributed by atoms with Crippen LogP contribution < -0.4 is 5.32 Å². The second-order valence-electron chi connectivity index (χ2n) is 4.37. The lowest BCUT2D eigenvalue weighted by atomic mass is 10.1. The number of nitrogens with one attached hydrogen (secondary N) is 1. The molecule has 0 aromatic heterocycles. The van der Waals surface area contributed by atoms with Crippen molar-refractivity contribution in [3.05, 3.63) is 63.9 Å². The highest BCUT2D eigenvalue weighted by Gasteiger charge is 2.10. The van der Waals surface area contributed by atoms with Crippen molar-refractivity contribution in [2.24, 2.45) is 0 Å². The van der Waals surface area contributed by atoms with Crippen molar-refractivity contribution >= 4 is 21.6 Å². The Bertz CT molecular complexity index is 554. The molecule has 1 unspecified atom stereocenters. The summed E-state index contributed by atoms with van der Waals surface area (Å²) in [7, 11) is 0. The second-order valence-corrected chi connectivity index (χ2v) is 5.23. The first-order valence-electron chi connectivity index (χ1n) is 5.85. The molecule has 1 nitrogen and oxygen atoms in total. The molecule has 2 aromatic rings. The summed E-state index contributed by atoms with van der Waals surface area (Å²) < 4.78 is 14.7. The first kappa shape index (κ1) is 13.1. The van der Waals surface area contributed by atoms with Gasteiger partial charge in [-0.1, -0.05) is 40.2 Å². The van der Waals surface area contributed by atoms with E-state index in [0.29, 0.717) is 5.69 Å². The van der Waals surface area contributed by atoms with Gasteiger partial charge in [-0.2, -0.15) is 0 Å². The van der Waals surface area contributed by atoms with E-state index in [1.165, 1.54) is 6.07 Å². The molecule has 0 amide bonds. The van der Waals surface area contributed by atoms with Gasteiger partial charge in [0.1, 0.15) is 5.82 Å². The minimum Gasteiger partial charge on any atom is -0.376 e. The Hall–Kier alpha value is -1.35. The van der Waals surface area contributed by atoms with Gasteiger partial charge in [-0.05, 0) is 43.2 Å². The summed E-state index contributed by atoms with van der Waals surface area (Å²) >= 11 is 3.51. The van der Waals surface area contributed by atoms with Gasteiger partial charge in [-0.15, -0.1) is 0 Å². The van der Waals surface area contributed by atoms with E-state index in [9.17, 15) is 4.39 Å². The molecule has 0 aliphatic heterocycles. The summed E-state index contributed by atoms with van der Waals surface area (Å²) in [6.45, 7) is 3.97. The Kier molecular flexibility index (Phi) is 4.02. The van der Waals surface area contributed by atoms with E-state index in [4.69, 9.17) is 0 Å². The minimum atomic E-state index is -0.223. The van der Waals surface area contributed by atoms with Crippen LogP contribution in [0.1, 0.15) is 24.1 Å². The third-order valence-electron chi connectivity index (χ3n) is 2.87. The molecule has 18 heavy (non-hydrogen) atoms.